The number of aromatic carboxylic acids is 1. The molecule has 2 aromatic carbocycles. The summed E-state index contributed by atoms with van der Waals surface area (Å²) in [7, 11) is 0. The number of hydrogen-bond acceptors (Lipinski definition) is 2. The van der Waals surface area contributed by atoms with E-state index < -0.39 is 5.97 Å². The fraction of sp³-hybridized carbons (Fsp3) is 0.263. The summed E-state index contributed by atoms with van der Waals surface area (Å²) in [6, 6.07) is 16.6. The van der Waals surface area contributed by atoms with E-state index in [-0.39, 0.29) is 11.6 Å². The van der Waals surface area contributed by atoms with E-state index >= 15 is 0 Å². The van der Waals surface area contributed by atoms with E-state index in [4.69, 9.17) is 5.11 Å². The first-order chi connectivity index (χ1) is 11.6. The zero-order valence-corrected chi connectivity index (χ0v) is 13.2. The maximum Gasteiger partial charge on any atom is 0.335 e. The molecule has 2 atom stereocenters. The molecule has 1 aliphatic carbocycles. The van der Waals surface area contributed by atoms with Gasteiger partial charge in [0.15, 0.2) is 0 Å². The van der Waals surface area contributed by atoms with Gasteiger partial charge in [0.05, 0.1) is 5.56 Å². The molecular weight excluding hydrogens is 304 g/mol. The summed E-state index contributed by atoms with van der Waals surface area (Å²) in [5, 5.41) is 14.5. The molecule has 2 aromatic rings. The third kappa shape index (κ3) is 4.13. The van der Waals surface area contributed by atoms with Gasteiger partial charge in [0.25, 0.3) is 0 Å². The van der Waals surface area contributed by atoms with Gasteiger partial charge in [0.1, 0.15) is 0 Å². The first-order valence-electron chi connectivity index (χ1n) is 8.02. The van der Waals surface area contributed by atoms with Crippen LogP contribution in [0.4, 0.5) is 4.79 Å². The Morgan fingerprint density at radius 2 is 1.71 bits per heavy atom. The third-order valence-electron chi connectivity index (χ3n) is 4.33. The van der Waals surface area contributed by atoms with E-state index in [1.165, 1.54) is 17.7 Å². The van der Waals surface area contributed by atoms with E-state index in [9.17, 15) is 9.59 Å². The van der Waals surface area contributed by atoms with Crippen LogP contribution in [0.3, 0.4) is 0 Å². The first kappa shape index (κ1) is 16.1. The highest BCUT2D eigenvalue weighted by Gasteiger charge is 2.37. The minimum Gasteiger partial charge on any atom is -0.478 e. The minimum absolute atomic E-state index is 0.198. The van der Waals surface area contributed by atoms with Crippen LogP contribution in [-0.2, 0) is 6.54 Å². The Hall–Kier alpha value is -2.82. The Labute approximate surface area is 140 Å². The lowest BCUT2D eigenvalue weighted by Gasteiger charge is -2.08. The van der Waals surface area contributed by atoms with Crippen molar-refractivity contribution in [3.05, 3.63) is 71.3 Å². The Bertz CT molecular complexity index is 713. The van der Waals surface area contributed by atoms with Crippen molar-refractivity contribution in [3.63, 3.8) is 0 Å². The molecule has 5 nitrogen and oxygen atoms in total. The number of carbonyl (C=O) groups is 2. The summed E-state index contributed by atoms with van der Waals surface area (Å²) in [4.78, 5) is 22.6. The van der Waals surface area contributed by atoms with Crippen molar-refractivity contribution in [1.29, 1.82) is 0 Å². The molecule has 0 bridgehead atoms. The molecule has 0 aromatic heterocycles. The van der Waals surface area contributed by atoms with Crippen molar-refractivity contribution in [1.82, 2.24) is 10.6 Å². The number of benzene rings is 2. The summed E-state index contributed by atoms with van der Waals surface area (Å²) in [6.45, 7) is 1.04. The summed E-state index contributed by atoms with van der Waals surface area (Å²) in [6.07, 6.45) is 1.11. The Kier molecular flexibility index (Phi) is 4.79. The molecule has 0 unspecified atom stereocenters. The van der Waals surface area contributed by atoms with E-state index in [0.29, 0.717) is 24.9 Å². The van der Waals surface area contributed by atoms with Gasteiger partial charge in [0.2, 0.25) is 0 Å². The SMILES string of the molecule is O=C(NCc1ccc(C(=O)O)cc1)NC[C@@H]1C[C@H]1c1ccccc1. The average molecular weight is 324 g/mol. The topological polar surface area (TPSA) is 78.4 Å². The van der Waals surface area contributed by atoms with Crippen LogP contribution in [0.15, 0.2) is 54.6 Å². The predicted molar refractivity (Wildman–Crippen MR) is 90.9 cm³/mol. The molecule has 3 N–H and O–H groups in total. The average Bonchev–Trinajstić information content (AvgIpc) is 3.39. The summed E-state index contributed by atoms with van der Waals surface area (Å²) >= 11 is 0. The second-order valence-corrected chi connectivity index (χ2v) is 6.08. The van der Waals surface area contributed by atoms with Crippen LogP contribution in [0.25, 0.3) is 0 Å². The quantitative estimate of drug-likeness (QED) is 0.764. The van der Waals surface area contributed by atoms with E-state index in [2.05, 4.69) is 22.8 Å². The molecule has 5 heteroatoms. The second kappa shape index (κ2) is 7.17. The van der Waals surface area contributed by atoms with Gasteiger partial charge in [-0.15, -0.1) is 0 Å². The fourth-order valence-electron chi connectivity index (χ4n) is 2.82. The van der Waals surface area contributed by atoms with Crippen LogP contribution in [0.2, 0.25) is 0 Å². The van der Waals surface area contributed by atoms with Gasteiger partial charge in [-0.1, -0.05) is 42.5 Å². The van der Waals surface area contributed by atoms with Crippen molar-refractivity contribution >= 4 is 12.0 Å². The highest BCUT2D eigenvalue weighted by molar-refractivity contribution is 5.87. The molecule has 1 aliphatic rings. The number of nitrogens with one attached hydrogen (secondary N) is 2. The van der Waals surface area contributed by atoms with Crippen molar-refractivity contribution in [2.75, 3.05) is 6.54 Å². The normalized spacial score (nSPS) is 18.7. The molecular formula is C19H20N2O3. The van der Waals surface area contributed by atoms with Gasteiger partial charge in [-0.25, -0.2) is 9.59 Å². The number of urea groups is 1. The molecule has 2 amide bonds. The van der Waals surface area contributed by atoms with Gasteiger partial charge < -0.3 is 15.7 Å². The molecule has 0 radical (unpaired) electrons. The molecule has 0 spiro atoms. The number of hydrogen-bond donors (Lipinski definition) is 3. The maximum absolute atomic E-state index is 11.9. The lowest BCUT2D eigenvalue weighted by atomic mass is 10.1. The molecule has 1 fully saturated rings. The largest absolute Gasteiger partial charge is 0.478 e. The Balaban J connectivity index is 1.38. The molecule has 3 rings (SSSR count). The van der Waals surface area contributed by atoms with Gasteiger partial charge >= 0.3 is 12.0 Å². The smallest absolute Gasteiger partial charge is 0.335 e. The molecule has 1 saturated carbocycles. The highest BCUT2D eigenvalue weighted by Crippen LogP contribution is 2.46. The zero-order chi connectivity index (χ0) is 16.9. The molecule has 0 heterocycles. The number of rotatable bonds is 6. The van der Waals surface area contributed by atoms with Crippen molar-refractivity contribution in [2.24, 2.45) is 5.92 Å². The number of carboxylic acid groups (broad SMARTS) is 1. The molecule has 124 valence electrons. The van der Waals surface area contributed by atoms with E-state index in [1.54, 1.807) is 12.1 Å². The molecule has 24 heavy (non-hydrogen) atoms. The van der Waals surface area contributed by atoms with Crippen LogP contribution in [0.1, 0.15) is 33.8 Å². The van der Waals surface area contributed by atoms with Crippen LogP contribution in [0, 0.1) is 5.92 Å². The van der Waals surface area contributed by atoms with Crippen molar-refractivity contribution < 1.29 is 14.7 Å². The van der Waals surface area contributed by atoms with Gasteiger partial charge in [-0.05, 0) is 41.5 Å². The van der Waals surface area contributed by atoms with Crippen LogP contribution in [-0.4, -0.2) is 23.7 Å². The van der Waals surface area contributed by atoms with Crippen molar-refractivity contribution in [3.8, 4) is 0 Å². The predicted octanol–water partition coefficient (Wildman–Crippen LogP) is 2.99. The maximum atomic E-state index is 11.9. The summed E-state index contributed by atoms with van der Waals surface area (Å²) in [5.74, 6) is 0.104. The van der Waals surface area contributed by atoms with Gasteiger partial charge in [0, 0.05) is 13.1 Å². The molecule has 0 aliphatic heterocycles. The zero-order valence-electron chi connectivity index (χ0n) is 13.2. The first-order valence-corrected chi connectivity index (χ1v) is 8.02. The van der Waals surface area contributed by atoms with Gasteiger partial charge in [-0.2, -0.15) is 0 Å². The molecule has 0 saturated heterocycles. The van der Waals surface area contributed by atoms with Gasteiger partial charge in [-0.3, -0.25) is 0 Å². The van der Waals surface area contributed by atoms with Crippen LogP contribution < -0.4 is 10.6 Å². The van der Waals surface area contributed by atoms with E-state index in [1.807, 2.05) is 18.2 Å². The summed E-state index contributed by atoms with van der Waals surface area (Å²) < 4.78 is 0. The van der Waals surface area contributed by atoms with E-state index in [0.717, 1.165) is 12.0 Å². The standard InChI is InChI=1S/C19H20N2O3/c22-18(23)15-8-6-13(7-9-15)11-20-19(24)21-12-16-10-17(16)14-4-2-1-3-5-14/h1-9,16-17H,10-12H2,(H,22,23)(H2,20,21,24)/t16-,17-/m0/s1. The lowest BCUT2D eigenvalue weighted by molar-refractivity contribution is 0.0697. The number of amides is 2. The minimum atomic E-state index is -0.954. The second-order valence-electron chi connectivity index (χ2n) is 6.08. The lowest BCUT2D eigenvalue weighted by Crippen LogP contribution is -2.36. The highest BCUT2D eigenvalue weighted by atomic mass is 16.4. The third-order valence-corrected chi connectivity index (χ3v) is 4.33. The van der Waals surface area contributed by atoms with Crippen LogP contribution >= 0.6 is 0 Å². The fourth-order valence-corrected chi connectivity index (χ4v) is 2.82. The Morgan fingerprint density at radius 3 is 2.38 bits per heavy atom. The van der Waals surface area contributed by atoms with Crippen LogP contribution in [0.5, 0.6) is 0 Å². The number of carbonyl (C=O) groups excluding carboxylic acids is 1. The summed E-state index contributed by atoms with van der Waals surface area (Å²) in [5.41, 5.74) is 2.44. The Morgan fingerprint density at radius 1 is 1.00 bits per heavy atom. The monoisotopic (exact) mass is 324 g/mol. The number of carboxylic acids is 1. The van der Waals surface area contributed by atoms with Crippen molar-refractivity contribution in [2.45, 2.75) is 18.9 Å².